The van der Waals surface area contributed by atoms with E-state index in [1.807, 2.05) is 20.8 Å². The van der Waals surface area contributed by atoms with Gasteiger partial charge >= 0.3 is 6.09 Å². The van der Waals surface area contributed by atoms with Gasteiger partial charge in [0.25, 0.3) is 0 Å². The van der Waals surface area contributed by atoms with Crippen molar-refractivity contribution in [1.29, 1.82) is 0 Å². The van der Waals surface area contributed by atoms with Crippen molar-refractivity contribution >= 4 is 15.9 Å². The van der Waals surface area contributed by atoms with E-state index in [1.165, 1.54) is 0 Å². The molecule has 1 aliphatic heterocycles. The van der Waals surface area contributed by atoms with Crippen LogP contribution in [-0.4, -0.2) is 49.7 Å². The van der Waals surface area contributed by atoms with Crippen LogP contribution in [0.4, 0.5) is 4.79 Å². The highest BCUT2D eigenvalue weighted by molar-refractivity contribution is 7.91. The number of amides is 1. The van der Waals surface area contributed by atoms with Crippen molar-refractivity contribution in [1.82, 2.24) is 10.6 Å². The van der Waals surface area contributed by atoms with Gasteiger partial charge < -0.3 is 15.4 Å². The molecular formula is C14H26N2O4S. The molecular weight excluding hydrogens is 292 g/mol. The molecule has 1 amide bonds. The van der Waals surface area contributed by atoms with Gasteiger partial charge in [-0.3, -0.25) is 0 Å². The molecule has 2 fully saturated rings. The normalized spacial score (nSPS) is 32.0. The SMILES string of the molecule is CC(C)(C)OC(=O)NC1CC(NC2CCCS(=O)(=O)C2)C1. The third-order valence-electron chi connectivity index (χ3n) is 3.79. The zero-order chi connectivity index (χ0) is 15.7. The Morgan fingerprint density at radius 1 is 1.14 bits per heavy atom. The second-order valence-corrected chi connectivity index (χ2v) is 9.36. The molecule has 21 heavy (non-hydrogen) atoms. The molecule has 1 unspecified atom stereocenters. The van der Waals surface area contributed by atoms with Gasteiger partial charge in [-0.2, -0.15) is 0 Å². The monoisotopic (exact) mass is 318 g/mol. The van der Waals surface area contributed by atoms with Gasteiger partial charge in [-0.15, -0.1) is 0 Å². The summed E-state index contributed by atoms with van der Waals surface area (Å²) >= 11 is 0. The maximum absolute atomic E-state index is 11.6. The predicted molar refractivity (Wildman–Crippen MR) is 81.0 cm³/mol. The Bertz CT molecular complexity index is 478. The minimum atomic E-state index is -2.87. The first kappa shape index (κ1) is 16.5. The van der Waals surface area contributed by atoms with Crippen molar-refractivity contribution < 1.29 is 17.9 Å². The fourth-order valence-electron chi connectivity index (χ4n) is 2.83. The van der Waals surface area contributed by atoms with Gasteiger partial charge in [0.1, 0.15) is 5.60 Å². The zero-order valence-electron chi connectivity index (χ0n) is 13.0. The lowest BCUT2D eigenvalue weighted by Crippen LogP contribution is -2.56. The summed E-state index contributed by atoms with van der Waals surface area (Å²) in [4.78, 5) is 11.6. The molecule has 0 spiro atoms. The van der Waals surface area contributed by atoms with E-state index in [0.29, 0.717) is 11.8 Å². The molecule has 0 aromatic heterocycles. The van der Waals surface area contributed by atoms with Crippen LogP contribution in [0.15, 0.2) is 0 Å². The van der Waals surface area contributed by atoms with Gasteiger partial charge in [-0.25, -0.2) is 13.2 Å². The summed E-state index contributed by atoms with van der Waals surface area (Å²) in [6, 6.07) is 0.483. The van der Waals surface area contributed by atoms with Crippen LogP contribution in [0.1, 0.15) is 46.5 Å². The summed E-state index contributed by atoms with van der Waals surface area (Å²) in [5, 5.41) is 6.23. The second kappa shape index (κ2) is 6.12. The molecule has 2 aliphatic rings. The highest BCUT2D eigenvalue weighted by atomic mass is 32.2. The molecule has 2 rings (SSSR count). The number of ether oxygens (including phenoxy) is 1. The largest absolute Gasteiger partial charge is 0.444 e. The van der Waals surface area contributed by atoms with Crippen molar-refractivity contribution in [2.75, 3.05) is 11.5 Å². The van der Waals surface area contributed by atoms with Crippen molar-refractivity contribution in [2.45, 2.75) is 70.2 Å². The molecule has 1 aliphatic carbocycles. The smallest absolute Gasteiger partial charge is 0.407 e. The second-order valence-electron chi connectivity index (χ2n) is 7.13. The number of sulfone groups is 1. The lowest BCUT2D eigenvalue weighted by atomic mass is 9.86. The summed E-state index contributed by atoms with van der Waals surface area (Å²) < 4.78 is 28.4. The molecule has 7 heteroatoms. The van der Waals surface area contributed by atoms with Crippen molar-refractivity contribution in [3.05, 3.63) is 0 Å². The lowest BCUT2D eigenvalue weighted by molar-refractivity contribution is 0.0463. The highest BCUT2D eigenvalue weighted by Gasteiger charge is 2.34. The molecule has 0 aromatic rings. The van der Waals surface area contributed by atoms with Crippen molar-refractivity contribution in [2.24, 2.45) is 0 Å². The number of carbonyl (C=O) groups is 1. The Morgan fingerprint density at radius 2 is 1.81 bits per heavy atom. The first-order chi connectivity index (χ1) is 9.63. The molecule has 0 radical (unpaired) electrons. The van der Waals surface area contributed by atoms with Crippen molar-refractivity contribution in [3.8, 4) is 0 Å². The quantitative estimate of drug-likeness (QED) is 0.817. The van der Waals surface area contributed by atoms with Crippen LogP contribution in [-0.2, 0) is 14.6 Å². The Labute approximate surface area is 126 Å². The Kier molecular flexibility index (Phi) is 4.82. The first-order valence-electron chi connectivity index (χ1n) is 7.59. The van der Waals surface area contributed by atoms with Gasteiger partial charge in [0, 0.05) is 18.1 Å². The van der Waals surface area contributed by atoms with E-state index < -0.39 is 15.4 Å². The van der Waals surface area contributed by atoms with Gasteiger partial charge in [-0.05, 0) is 46.5 Å². The minimum absolute atomic E-state index is 0.0660. The van der Waals surface area contributed by atoms with Gasteiger partial charge in [0.05, 0.1) is 11.5 Å². The molecule has 6 nitrogen and oxygen atoms in total. The van der Waals surface area contributed by atoms with E-state index >= 15 is 0 Å². The molecule has 122 valence electrons. The maximum Gasteiger partial charge on any atom is 0.407 e. The molecule has 0 aromatic carbocycles. The Hall–Kier alpha value is -0.820. The van der Waals surface area contributed by atoms with Crippen LogP contribution in [0.25, 0.3) is 0 Å². The molecule has 1 heterocycles. The Morgan fingerprint density at radius 3 is 2.38 bits per heavy atom. The van der Waals surface area contributed by atoms with Gasteiger partial charge in [0.15, 0.2) is 9.84 Å². The van der Waals surface area contributed by atoms with E-state index in [9.17, 15) is 13.2 Å². The third kappa shape index (κ3) is 5.47. The minimum Gasteiger partial charge on any atom is -0.444 e. The molecule has 1 atom stereocenters. The van der Waals surface area contributed by atoms with E-state index in [0.717, 1.165) is 25.7 Å². The van der Waals surface area contributed by atoms with Crippen LogP contribution in [0.2, 0.25) is 0 Å². The molecule has 0 bridgehead atoms. The fraction of sp³-hybridized carbons (Fsp3) is 0.929. The average Bonchev–Trinajstić information content (AvgIpc) is 2.21. The summed E-state index contributed by atoms with van der Waals surface area (Å²) in [6.07, 6.45) is 2.93. The average molecular weight is 318 g/mol. The highest BCUT2D eigenvalue weighted by Crippen LogP contribution is 2.23. The zero-order valence-corrected chi connectivity index (χ0v) is 13.8. The third-order valence-corrected chi connectivity index (χ3v) is 5.61. The van der Waals surface area contributed by atoms with Gasteiger partial charge in [-0.1, -0.05) is 0 Å². The lowest BCUT2D eigenvalue weighted by Gasteiger charge is -2.39. The van der Waals surface area contributed by atoms with Crippen LogP contribution >= 0.6 is 0 Å². The summed E-state index contributed by atoms with van der Waals surface area (Å²) in [5.74, 6) is 0.562. The number of nitrogens with one attached hydrogen (secondary N) is 2. The van der Waals surface area contributed by atoms with E-state index in [4.69, 9.17) is 4.74 Å². The topological polar surface area (TPSA) is 84.5 Å². The van der Waals surface area contributed by atoms with Gasteiger partial charge in [0.2, 0.25) is 0 Å². The van der Waals surface area contributed by atoms with Crippen molar-refractivity contribution in [3.63, 3.8) is 0 Å². The Balaban J connectivity index is 1.66. The predicted octanol–water partition coefficient (Wildman–Crippen LogP) is 1.21. The molecule has 2 N–H and O–H groups in total. The maximum atomic E-state index is 11.6. The number of carbonyl (C=O) groups excluding carboxylic acids is 1. The van der Waals surface area contributed by atoms with Crippen LogP contribution in [0.5, 0.6) is 0 Å². The van der Waals surface area contributed by atoms with E-state index in [1.54, 1.807) is 0 Å². The summed E-state index contributed by atoms with van der Waals surface area (Å²) in [7, 11) is -2.87. The summed E-state index contributed by atoms with van der Waals surface area (Å²) in [6.45, 7) is 5.50. The van der Waals surface area contributed by atoms with E-state index in [2.05, 4.69) is 10.6 Å². The first-order valence-corrected chi connectivity index (χ1v) is 9.41. The van der Waals surface area contributed by atoms with Crippen LogP contribution in [0, 0.1) is 0 Å². The van der Waals surface area contributed by atoms with E-state index in [-0.39, 0.29) is 23.9 Å². The number of alkyl carbamates (subject to hydrolysis) is 1. The summed E-state index contributed by atoms with van der Waals surface area (Å²) in [5.41, 5.74) is -0.484. The number of hydrogen-bond acceptors (Lipinski definition) is 5. The number of hydrogen-bond donors (Lipinski definition) is 2. The molecule has 1 saturated heterocycles. The fourth-order valence-corrected chi connectivity index (χ4v) is 4.48. The molecule has 1 saturated carbocycles. The van der Waals surface area contributed by atoms with Crippen LogP contribution in [0.3, 0.4) is 0 Å². The van der Waals surface area contributed by atoms with Crippen LogP contribution < -0.4 is 10.6 Å². The number of rotatable bonds is 3. The standard InChI is InChI=1S/C14H26N2O4S/c1-14(2,3)20-13(17)16-12-7-11(8-12)15-10-5-4-6-21(18,19)9-10/h10-12,15H,4-9H2,1-3H3,(H,16,17).